The molecule has 5 heteroatoms. The van der Waals surface area contributed by atoms with Crippen molar-refractivity contribution in [3.8, 4) is 28.4 Å². The molecule has 45 heavy (non-hydrogen) atoms. The molecule has 3 aliphatic rings. The van der Waals surface area contributed by atoms with Gasteiger partial charge in [-0.3, -0.25) is 0 Å². The highest BCUT2D eigenvalue weighted by Crippen LogP contribution is 2.58. The highest BCUT2D eigenvalue weighted by Gasteiger charge is 2.44. The van der Waals surface area contributed by atoms with Gasteiger partial charge in [0, 0.05) is 46.3 Å². The number of ether oxygens (including phenoxy) is 4. The van der Waals surface area contributed by atoms with Crippen LogP contribution in [-0.2, 0) is 15.8 Å². The Bertz CT molecular complexity index is 1900. The van der Waals surface area contributed by atoms with E-state index < -0.39 is 5.60 Å². The summed E-state index contributed by atoms with van der Waals surface area (Å²) >= 11 is 0. The number of benzene rings is 5. The lowest BCUT2D eigenvalue weighted by Crippen LogP contribution is -2.36. The second kappa shape index (κ2) is 10.4. The maximum Gasteiger partial charge on any atom is 0.178 e. The molecule has 1 fully saturated rings. The first-order chi connectivity index (χ1) is 21.9. The first-order valence-corrected chi connectivity index (χ1v) is 15.7. The van der Waals surface area contributed by atoms with Gasteiger partial charge in [0.05, 0.1) is 27.4 Å². The average Bonchev–Trinajstić information content (AvgIpc) is 3.35. The molecule has 8 rings (SSSR count). The molecule has 5 nitrogen and oxygen atoms in total. The van der Waals surface area contributed by atoms with E-state index in [1.54, 1.807) is 14.2 Å². The van der Waals surface area contributed by atoms with Gasteiger partial charge in [-0.1, -0.05) is 74.5 Å². The van der Waals surface area contributed by atoms with Crippen molar-refractivity contribution in [2.45, 2.75) is 24.9 Å². The van der Waals surface area contributed by atoms with E-state index in [-0.39, 0.29) is 5.41 Å². The van der Waals surface area contributed by atoms with Crippen molar-refractivity contribution in [2.24, 2.45) is 0 Å². The molecule has 0 saturated carbocycles. The highest BCUT2D eigenvalue weighted by molar-refractivity contribution is 6.09. The van der Waals surface area contributed by atoms with Crippen LogP contribution in [0.4, 0.5) is 5.69 Å². The van der Waals surface area contributed by atoms with E-state index in [0.717, 1.165) is 65.6 Å². The van der Waals surface area contributed by atoms with Gasteiger partial charge in [0.2, 0.25) is 0 Å². The van der Waals surface area contributed by atoms with Gasteiger partial charge in [-0.2, -0.15) is 0 Å². The topological polar surface area (TPSA) is 40.2 Å². The number of anilines is 1. The van der Waals surface area contributed by atoms with E-state index in [1.165, 1.54) is 33.3 Å². The number of hydrogen-bond acceptors (Lipinski definition) is 5. The van der Waals surface area contributed by atoms with E-state index in [2.05, 4.69) is 97.6 Å². The van der Waals surface area contributed by atoms with Crippen LogP contribution in [0.2, 0.25) is 0 Å². The molecular formula is C40H37NO4. The minimum absolute atomic E-state index is 0.193. The molecule has 1 aliphatic carbocycles. The summed E-state index contributed by atoms with van der Waals surface area (Å²) in [7, 11) is 3.39. The maximum absolute atomic E-state index is 7.50. The minimum atomic E-state index is -0.864. The van der Waals surface area contributed by atoms with Crippen LogP contribution >= 0.6 is 0 Å². The fourth-order valence-electron chi connectivity index (χ4n) is 7.61. The number of methoxy groups -OCH3 is 2. The summed E-state index contributed by atoms with van der Waals surface area (Å²) in [6.45, 7) is 7.90. The molecule has 0 radical (unpaired) electrons. The molecule has 1 saturated heterocycles. The molecule has 0 spiro atoms. The summed E-state index contributed by atoms with van der Waals surface area (Å²) in [4.78, 5) is 2.42. The van der Waals surface area contributed by atoms with Crippen LogP contribution in [0.3, 0.4) is 0 Å². The van der Waals surface area contributed by atoms with Crippen LogP contribution in [-0.4, -0.2) is 40.5 Å². The zero-order valence-corrected chi connectivity index (χ0v) is 26.2. The van der Waals surface area contributed by atoms with E-state index in [0.29, 0.717) is 0 Å². The standard InChI is InChI=1S/C40H37NO4/c1-39(2)35-8-6-5-7-32(35)36-31-18-13-28(41-21-23-44-24-22-41)25-34(31)38-33(37(36)39)19-20-40(45-38,26-9-14-29(42-3)15-10-26)27-11-16-30(43-4)17-12-27/h5-20,25H,21-24H2,1-4H3. The normalized spacial score (nSPS) is 17.3. The zero-order chi connectivity index (χ0) is 30.8. The summed E-state index contributed by atoms with van der Waals surface area (Å²) in [5.74, 6) is 2.53. The SMILES string of the molecule is COc1ccc(C2(c3ccc(OC)cc3)C=Cc3c4c(c5ccc(N6CCOCC6)cc5c3O2)-c2ccccc2C4(C)C)cc1. The average molecular weight is 596 g/mol. The van der Waals surface area contributed by atoms with Gasteiger partial charge in [0.25, 0.3) is 0 Å². The van der Waals surface area contributed by atoms with Gasteiger partial charge in [-0.05, 0) is 70.1 Å². The number of fused-ring (bicyclic) bond motifs is 8. The van der Waals surface area contributed by atoms with Crippen molar-refractivity contribution in [1.29, 1.82) is 0 Å². The second-order valence-corrected chi connectivity index (χ2v) is 12.6. The quantitative estimate of drug-likeness (QED) is 0.204. The summed E-state index contributed by atoms with van der Waals surface area (Å²) in [6, 6.07) is 32.2. The van der Waals surface area contributed by atoms with Gasteiger partial charge in [0.1, 0.15) is 17.2 Å². The Kier molecular flexibility index (Phi) is 6.43. The Morgan fingerprint density at radius 3 is 2.02 bits per heavy atom. The third kappa shape index (κ3) is 4.17. The third-order valence-electron chi connectivity index (χ3n) is 9.94. The smallest absolute Gasteiger partial charge is 0.178 e. The zero-order valence-electron chi connectivity index (χ0n) is 26.2. The van der Waals surface area contributed by atoms with Crippen LogP contribution in [0.5, 0.6) is 17.2 Å². The fraction of sp³-hybridized carbons (Fsp3) is 0.250. The maximum atomic E-state index is 7.50. The minimum Gasteiger partial charge on any atom is -0.497 e. The van der Waals surface area contributed by atoms with Crippen LogP contribution < -0.4 is 19.1 Å². The van der Waals surface area contributed by atoms with Gasteiger partial charge in [0.15, 0.2) is 5.60 Å². The predicted molar refractivity (Wildman–Crippen MR) is 181 cm³/mol. The molecule has 0 atom stereocenters. The van der Waals surface area contributed by atoms with Gasteiger partial charge in [-0.15, -0.1) is 0 Å². The molecule has 0 aromatic heterocycles. The molecule has 5 aromatic carbocycles. The largest absolute Gasteiger partial charge is 0.497 e. The van der Waals surface area contributed by atoms with Gasteiger partial charge >= 0.3 is 0 Å². The molecule has 0 unspecified atom stereocenters. The number of nitrogens with zero attached hydrogens (tertiary/aromatic N) is 1. The van der Waals surface area contributed by atoms with Crippen molar-refractivity contribution in [3.05, 3.63) is 125 Å². The molecule has 2 heterocycles. The third-order valence-corrected chi connectivity index (χ3v) is 9.94. The summed E-state index contributed by atoms with van der Waals surface area (Å²) in [5, 5.41) is 2.34. The summed E-state index contributed by atoms with van der Waals surface area (Å²) < 4.78 is 24.2. The summed E-state index contributed by atoms with van der Waals surface area (Å²) in [6.07, 6.45) is 4.54. The van der Waals surface area contributed by atoms with E-state index in [1.807, 2.05) is 24.3 Å². The van der Waals surface area contributed by atoms with E-state index in [9.17, 15) is 0 Å². The predicted octanol–water partition coefficient (Wildman–Crippen LogP) is 8.35. The molecule has 0 N–H and O–H groups in total. The molecule has 0 amide bonds. The van der Waals surface area contributed by atoms with Gasteiger partial charge < -0.3 is 23.8 Å². The monoisotopic (exact) mass is 595 g/mol. The number of rotatable bonds is 5. The molecule has 2 aliphatic heterocycles. The Hall–Kier alpha value is -4.74. The molecule has 0 bridgehead atoms. The summed E-state index contributed by atoms with van der Waals surface area (Å²) in [5.41, 5.74) is 8.62. The van der Waals surface area contributed by atoms with Crippen LogP contribution in [0.1, 0.15) is 41.7 Å². The first-order valence-electron chi connectivity index (χ1n) is 15.7. The Morgan fingerprint density at radius 1 is 0.733 bits per heavy atom. The second-order valence-electron chi connectivity index (χ2n) is 12.6. The lowest BCUT2D eigenvalue weighted by Gasteiger charge is -2.38. The number of morpholine rings is 1. The van der Waals surface area contributed by atoms with Crippen molar-refractivity contribution < 1.29 is 18.9 Å². The Labute approximate surface area is 264 Å². The first kappa shape index (κ1) is 27.8. The van der Waals surface area contributed by atoms with Crippen molar-refractivity contribution in [2.75, 3.05) is 45.4 Å². The fourth-order valence-corrected chi connectivity index (χ4v) is 7.61. The number of hydrogen-bond donors (Lipinski definition) is 0. The van der Waals surface area contributed by atoms with E-state index in [4.69, 9.17) is 18.9 Å². The highest BCUT2D eigenvalue weighted by atomic mass is 16.5. The Balaban J connectivity index is 1.42. The van der Waals surface area contributed by atoms with Crippen molar-refractivity contribution in [3.63, 3.8) is 0 Å². The van der Waals surface area contributed by atoms with E-state index >= 15 is 0 Å². The molecule has 226 valence electrons. The van der Waals surface area contributed by atoms with Crippen molar-refractivity contribution in [1.82, 2.24) is 0 Å². The molecule has 5 aromatic rings. The lowest BCUT2D eigenvalue weighted by atomic mass is 9.76. The van der Waals surface area contributed by atoms with Crippen LogP contribution in [0.25, 0.3) is 28.0 Å². The molecular weight excluding hydrogens is 558 g/mol. The van der Waals surface area contributed by atoms with Crippen LogP contribution in [0.15, 0.2) is 97.1 Å². The van der Waals surface area contributed by atoms with Gasteiger partial charge in [-0.25, -0.2) is 0 Å². The van der Waals surface area contributed by atoms with Crippen molar-refractivity contribution >= 4 is 22.5 Å². The Morgan fingerprint density at radius 2 is 1.38 bits per heavy atom. The van der Waals surface area contributed by atoms with Crippen LogP contribution in [0, 0.1) is 0 Å². The lowest BCUT2D eigenvalue weighted by molar-refractivity contribution is 0.122.